The molecule has 0 saturated carbocycles. The molecule has 3 N–H and O–H groups in total. The number of nitrogens with two attached hydrogens (primary N) is 1. The Labute approximate surface area is 121 Å². The fourth-order valence-corrected chi connectivity index (χ4v) is 1.83. The number of rotatable bonds is 4. The first kappa shape index (κ1) is 14.8. The van der Waals surface area contributed by atoms with Crippen LogP contribution in [0.2, 0.25) is 0 Å². The summed E-state index contributed by atoms with van der Waals surface area (Å²) < 4.78 is 13.3. The van der Waals surface area contributed by atoms with Gasteiger partial charge in [0.2, 0.25) is 5.95 Å². The third kappa shape index (κ3) is 3.31. The molecule has 0 fully saturated rings. The SMILES string of the molecule is CCc1nnc(NC(=O)c2ccc(N)c(F)c2)nc1CC. The number of hydrogen-bond acceptors (Lipinski definition) is 5. The van der Waals surface area contributed by atoms with Crippen LogP contribution in [0.25, 0.3) is 0 Å². The maximum atomic E-state index is 13.3. The van der Waals surface area contributed by atoms with Gasteiger partial charge >= 0.3 is 0 Å². The zero-order chi connectivity index (χ0) is 15.4. The van der Waals surface area contributed by atoms with Gasteiger partial charge < -0.3 is 5.73 Å². The van der Waals surface area contributed by atoms with Crippen LogP contribution in [0.1, 0.15) is 35.6 Å². The predicted octanol–water partition coefficient (Wildman–Crippen LogP) is 1.97. The molecule has 0 saturated heterocycles. The number of carbonyl (C=O) groups excluding carboxylic acids is 1. The molecule has 7 heteroatoms. The van der Waals surface area contributed by atoms with Gasteiger partial charge in [0.05, 0.1) is 17.1 Å². The van der Waals surface area contributed by atoms with Gasteiger partial charge in [0, 0.05) is 5.56 Å². The second-order valence-corrected chi connectivity index (χ2v) is 4.43. The van der Waals surface area contributed by atoms with Gasteiger partial charge in [-0.05, 0) is 31.0 Å². The molecule has 0 spiro atoms. The van der Waals surface area contributed by atoms with Crippen molar-refractivity contribution in [2.45, 2.75) is 26.7 Å². The second kappa shape index (κ2) is 6.25. The van der Waals surface area contributed by atoms with Crippen LogP contribution in [0, 0.1) is 5.82 Å². The number of aromatic nitrogens is 3. The molecule has 1 aromatic carbocycles. The van der Waals surface area contributed by atoms with Crippen molar-refractivity contribution in [3.8, 4) is 0 Å². The minimum atomic E-state index is -0.641. The van der Waals surface area contributed by atoms with Crippen molar-refractivity contribution in [3.63, 3.8) is 0 Å². The van der Waals surface area contributed by atoms with E-state index in [1.807, 2.05) is 13.8 Å². The van der Waals surface area contributed by atoms with E-state index in [2.05, 4.69) is 20.5 Å². The van der Waals surface area contributed by atoms with Gasteiger partial charge in [0.15, 0.2) is 0 Å². The van der Waals surface area contributed by atoms with Crippen molar-refractivity contribution < 1.29 is 9.18 Å². The predicted molar refractivity (Wildman–Crippen MR) is 77.3 cm³/mol. The van der Waals surface area contributed by atoms with E-state index in [0.29, 0.717) is 6.42 Å². The lowest BCUT2D eigenvalue weighted by atomic mass is 10.2. The molecule has 110 valence electrons. The van der Waals surface area contributed by atoms with E-state index in [4.69, 9.17) is 5.73 Å². The highest BCUT2D eigenvalue weighted by Crippen LogP contribution is 2.13. The van der Waals surface area contributed by atoms with E-state index in [9.17, 15) is 9.18 Å². The molecular formula is C14H16FN5O. The van der Waals surface area contributed by atoms with Crippen LogP contribution in [-0.4, -0.2) is 21.1 Å². The summed E-state index contributed by atoms with van der Waals surface area (Å²) >= 11 is 0. The van der Waals surface area contributed by atoms with Crippen molar-refractivity contribution in [1.29, 1.82) is 0 Å². The molecular weight excluding hydrogens is 273 g/mol. The lowest BCUT2D eigenvalue weighted by Crippen LogP contribution is -2.16. The summed E-state index contributed by atoms with van der Waals surface area (Å²) in [5.74, 6) is -1.05. The standard InChI is InChI=1S/C14H16FN5O/c1-3-11-12(4-2)19-20-14(17-11)18-13(21)8-5-6-10(16)9(15)7-8/h5-7H,3-4,16H2,1-2H3,(H,17,18,20,21). The average molecular weight is 289 g/mol. The summed E-state index contributed by atoms with van der Waals surface area (Å²) in [4.78, 5) is 16.2. The molecule has 0 aliphatic heterocycles. The van der Waals surface area contributed by atoms with Gasteiger partial charge in [-0.2, -0.15) is 0 Å². The highest BCUT2D eigenvalue weighted by atomic mass is 19.1. The summed E-state index contributed by atoms with van der Waals surface area (Å²) in [5.41, 5.74) is 7.09. The van der Waals surface area contributed by atoms with Gasteiger partial charge in [-0.1, -0.05) is 13.8 Å². The number of halogens is 1. The monoisotopic (exact) mass is 289 g/mol. The van der Waals surface area contributed by atoms with Crippen LogP contribution in [0.15, 0.2) is 18.2 Å². The van der Waals surface area contributed by atoms with Crippen LogP contribution < -0.4 is 11.1 Å². The Bertz CT molecular complexity index is 674. The van der Waals surface area contributed by atoms with Crippen molar-refractivity contribution in [2.75, 3.05) is 11.1 Å². The quantitative estimate of drug-likeness (QED) is 0.839. The van der Waals surface area contributed by atoms with E-state index in [1.54, 1.807) is 0 Å². The first-order chi connectivity index (χ1) is 10.0. The number of hydrogen-bond donors (Lipinski definition) is 2. The third-order valence-corrected chi connectivity index (χ3v) is 3.00. The molecule has 21 heavy (non-hydrogen) atoms. The van der Waals surface area contributed by atoms with E-state index >= 15 is 0 Å². The van der Waals surface area contributed by atoms with Gasteiger partial charge in [-0.15, -0.1) is 10.2 Å². The number of aryl methyl sites for hydroxylation is 2. The Morgan fingerprint density at radius 2 is 1.95 bits per heavy atom. The largest absolute Gasteiger partial charge is 0.396 e. The molecule has 2 aromatic rings. The summed E-state index contributed by atoms with van der Waals surface area (Å²) in [6, 6.07) is 3.84. The first-order valence-corrected chi connectivity index (χ1v) is 6.64. The molecule has 0 unspecified atom stereocenters. The topological polar surface area (TPSA) is 93.8 Å². The first-order valence-electron chi connectivity index (χ1n) is 6.64. The maximum absolute atomic E-state index is 13.3. The van der Waals surface area contributed by atoms with E-state index in [0.717, 1.165) is 23.9 Å². The molecule has 0 bridgehead atoms. The Morgan fingerprint density at radius 1 is 1.24 bits per heavy atom. The van der Waals surface area contributed by atoms with Gasteiger partial charge in [0.1, 0.15) is 5.82 Å². The number of nitrogens with one attached hydrogen (secondary N) is 1. The summed E-state index contributed by atoms with van der Waals surface area (Å²) in [7, 11) is 0. The number of anilines is 2. The van der Waals surface area contributed by atoms with Crippen molar-refractivity contribution in [3.05, 3.63) is 41.0 Å². The summed E-state index contributed by atoms with van der Waals surface area (Å²) in [5, 5.41) is 10.4. The number of amides is 1. The number of benzene rings is 1. The van der Waals surface area contributed by atoms with Crippen LogP contribution in [0.3, 0.4) is 0 Å². The maximum Gasteiger partial charge on any atom is 0.258 e. The normalized spacial score (nSPS) is 10.4. The van der Waals surface area contributed by atoms with Crippen LogP contribution in [0.5, 0.6) is 0 Å². The van der Waals surface area contributed by atoms with Crippen LogP contribution in [-0.2, 0) is 12.8 Å². The Morgan fingerprint density at radius 3 is 2.57 bits per heavy atom. The lowest BCUT2D eigenvalue weighted by molar-refractivity contribution is 0.102. The Balaban J connectivity index is 2.21. The molecule has 1 heterocycles. The second-order valence-electron chi connectivity index (χ2n) is 4.43. The number of nitrogen functional groups attached to an aromatic ring is 1. The fraction of sp³-hybridized carbons (Fsp3) is 0.286. The van der Waals surface area contributed by atoms with Crippen molar-refractivity contribution in [1.82, 2.24) is 15.2 Å². The minimum absolute atomic E-state index is 0.00923. The van der Waals surface area contributed by atoms with Crippen LogP contribution >= 0.6 is 0 Å². The highest BCUT2D eigenvalue weighted by molar-refractivity contribution is 6.03. The average Bonchev–Trinajstić information content (AvgIpc) is 2.49. The molecule has 1 aromatic heterocycles. The fourth-order valence-electron chi connectivity index (χ4n) is 1.83. The van der Waals surface area contributed by atoms with E-state index in [1.165, 1.54) is 12.1 Å². The molecule has 0 aliphatic carbocycles. The van der Waals surface area contributed by atoms with E-state index < -0.39 is 11.7 Å². The van der Waals surface area contributed by atoms with Crippen molar-refractivity contribution >= 4 is 17.5 Å². The highest BCUT2D eigenvalue weighted by Gasteiger charge is 2.12. The third-order valence-electron chi connectivity index (χ3n) is 3.00. The zero-order valence-corrected chi connectivity index (χ0v) is 11.9. The Kier molecular flexibility index (Phi) is 4.42. The van der Waals surface area contributed by atoms with E-state index in [-0.39, 0.29) is 17.2 Å². The molecule has 0 aliphatic rings. The number of carbonyl (C=O) groups is 1. The lowest BCUT2D eigenvalue weighted by Gasteiger charge is -2.07. The molecule has 6 nitrogen and oxygen atoms in total. The smallest absolute Gasteiger partial charge is 0.258 e. The number of nitrogens with zero attached hydrogens (tertiary/aromatic N) is 3. The van der Waals surface area contributed by atoms with Gasteiger partial charge in [-0.3, -0.25) is 10.1 Å². The zero-order valence-electron chi connectivity index (χ0n) is 11.9. The summed E-state index contributed by atoms with van der Waals surface area (Å²) in [6.07, 6.45) is 1.42. The van der Waals surface area contributed by atoms with Crippen molar-refractivity contribution in [2.24, 2.45) is 0 Å². The van der Waals surface area contributed by atoms with Gasteiger partial charge in [0.25, 0.3) is 5.91 Å². The molecule has 1 amide bonds. The molecule has 0 radical (unpaired) electrons. The molecule has 0 atom stereocenters. The minimum Gasteiger partial charge on any atom is -0.396 e. The molecule has 2 rings (SSSR count). The van der Waals surface area contributed by atoms with Crippen LogP contribution in [0.4, 0.5) is 16.0 Å². The van der Waals surface area contributed by atoms with Gasteiger partial charge in [-0.25, -0.2) is 9.37 Å². The Hall–Kier alpha value is -2.57. The summed E-state index contributed by atoms with van der Waals surface area (Å²) in [6.45, 7) is 3.91.